The molecule has 1 saturated carbocycles. The molecule has 2 N–H and O–H groups in total. The number of rotatable bonds is 4. The zero-order valence-electron chi connectivity index (χ0n) is 16.7. The van der Waals surface area contributed by atoms with E-state index in [9.17, 15) is 4.79 Å². The number of carbonyl (C=O) groups excluding carboxylic acids is 1. The smallest absolute Gasteiger partial charge is 0.242 e. The summed E-state index contributed by atoms with van der Waals surface area (Å²) in [6, 6.07) is 12.4. The van der Waals surface area contributed by atoms with E-state index >= 15 is 0 Å². The summed E-state index contributed by atoms with van der Waals surface area (Å²) in [4.78, 5) is 18.6. The van der Waals surface area contributed by atoms with Gasteiger partial charge < -0.3 is 19.8 Å². The van der Waals surface area contributed by atoms with Gasteiger partial charge in [-0.25, -0.2) is 4.98 Å². The highest BCUT2D eigenvalue weighted by Gasteiger charge is 2.48. The van der Waals surface area contributed by atoms with Crippen molar-refractivity contribution in [2.75, 3.05) is 13.1 Å². The number of amides is 1. The highest BCUT2D eigenvalue weighted by Crippen LogP contribution is 2.35. The number of pyridine rings is 1. The molecule has 3 heterocycles. The molecule has 2 aliphatic rings. The van der Waals surface area contributed by atoms with Crippen molar-refractivity contribution in [3.63, 3.8) is 0 Å². The molecule has 2 aromatic heterocycles. The topological polar surface area (TPSA) is 72.9 Å². The number of ether oxygens (including phenoxy) is 1. The van der Waals surface area contributed by atoms with Gasteiger partial charge in [0.1, 0.15) is 17.5 Å². The highest BCUT2D eigenvalue weighted by molar-refractivity contribution is 5.89. The minimum absolute atomic E-state index is 0.116. The number of aromatic nitrogens is 2. The normalized spacial score (nSPS) is 18.8. The predicted molar refractivity (Wildman–Crippen MR) is 112 cm³/mol. The van der Waals surface area contributed by atoms with E-state index in [1.807, 2.05) is 35.5 Å². The van der Waals surface area contributed by atoms with E-state index in [2.05, 4.69) is 34.5 Å². The van der Waals surface area contributed by atoms with Crippen LogP contribution in [0.1, 0.15) is 31.4 Å². The number of nitrogens with zero attached hydrogens (tertiary/aromatic N) is 3. The Hall–Kier alpha value is -2.86. The van der Waals surface area contributed by atoms with E-state index in [-0.39, 0.29) is 12.0 Å². The Balaban J connectivity index is 1.23. The quantitative estimate of drug-likeness (QED) is 0.743. The second-order valence-electron chi connectivity index (χ2n) is 8.28. The highest BCUT2D eigenvalue weighted by atomic mass is 16.5. The van der Waals surface area contributed by atoms with Crippen molar-refractivity contribution < 1.29 is 9.53 Å². The van der Waals surface area contributed by atoms with Crippen LogP contribution in [-0.4, -0.2) is 44.9 Å². The summed E-state index contributed by atoms with van der Waals surface area (Å²) in [5, 5.41) is 0. The second-order valence-corrected chi connectivity index (χ2v) is 8.28. The minimum Gasteiger partial charge on any atom is -0.490 e. The lowest BCUT2D eigenvalue weighted by molar-refractivity contribution is -0.135. The van der Waals surface area contributed by atoms with E-state index in [1.54, 1.807) is 0 Å². The number of aryl methyl sites for hydroxylation is 1. The number of hydrogen-bond donors (Lipinski definition) is 1. The molecule has 150 valence electrons. The van der Waals surface area contributed by atoms with Crippen molar-refractivity contribution in [1.29, 1.82) is 0 Å². The zero-order valence-corrected chi connectivity index (χ0v) is 16.7. The predicted octanol–water partition coefficient (Wildman–Crippen LogP) is 3.17. The maximum atomic E-state index is 12.4. The van der Waals surface area contributed by atoms with Gasteiger partial charge in [0.15, 0.2) is 0 Å². The number of carbonyl (C=O) groups is 1. The van der Waals surface area contributed by atoms with Crippen molar-refractivity contribution in [3.8, 4) is 16.9 Å². The van der Waals surface area contributed by atoms with Gasteiger partial charge in [-0.2, -0.15) is 0 Å². The van der Waals surface area contributed by atoms with E-state index < -0.39 is 5.54 Å². The lowest BCUT2D eigenvalue weighted by Gasteiger charge is -2.33. The van der Waals surface area contributed by atoms with Crippen LogP contribution in [-0.2, 0) is 4.79 Å². The first-order valence-corrected chi connectivity index (χ1v) is 10.3. The van der Waals surface area contributed by atoms with Crippen LogP contribution in [0.5, 0.6) is 5.75 Å². The largest absolute Gasteiger partial charge is 0.490 e. The van der Waals surface area contributed by atoms with Crippen LogP contribution in [0.15, 0.2) is 48.8 Å². The summed E-state index contributed by atoms with van der Waals surface area (Å²) in [5.74, 6) is 0.989. The minimum atomic E-state index is -0.568. The van der Waals surface area contributed by atoms with Gasteiger partial charge in [0, 0.05) is 49.6 Å². The van der Waals surface area contributed by atoms with Crippen molar-refractivity contribution in [1.82, 2.24) is 14.3 Å². The molecule has 2 fully saturated rings. The van der Waals surface area contributed by atoms with Crippen molar-refractivity contribution >= 4 is 11.6 Å². The van der Waals surface area contributed by atoms with E-state index in [1.165, 1.54) is 11.3 Å². The van der Waals surface area contributed by atoms with Gasteiger partial charge in [0.05, 0.1) is 5.54 Å². The van der Waals surface area contributed by atoms with Gasteiger partial charge in [0.2, 0.25) is 5.91 Å². The number of nitrogens with two attached hydrogens (primary N) is 1. The molecule has 1 aliphatic heterocycles. The van der Waals surface area contributed by atoms with Gasteiger partial charge in [-0.05, 0) is 49.6 Å². The Bertz CT molecular complexity index is 1040. The fourth-order valence-electron chi connectivity index (χ4n) is 4.18. The molecule has 1 saturated heterocycles. The van der Waals surface area contributed by atoms with E-state index in [0.717, 1.165) is 55.7 Å². The Morgan fingerprint density at radius 2 is 1.86 bits per heavy atom. The molecular weight excluding hydrogens is 364 g/mol. The van der Waals surface area contributed by atoms with Crippen LogP contribution in [0.3, 0.4) is 0 Å². The summed E-state index contributed by atoms with van der Waals surface area (Å²) in [6.07, 6.45) is 7.28. The Morgan fingerprint density at radius 1 is 1.14 bits per heavy atom. The zero-order chi connectivity index (χ0) is 20.0. The Kier molecular flexibility index (Phi) is 4.32. The fraction of sp³-hybridized carbons (Fsp3) is 0.391. The molecule has 1 amide bonds. The molecule has 0 atom stereocenters. The molecule has 6 heteroatoms. The molecule has 6 nitrogen and oxygen atoms in total. The third kappa shape index (κ3) is 3.38. The number of piperidine rings is 1. The number of likely N-dealkylation sites (tertiary alicyclic amines) is 1. The van der Waals surface area contributed by atoms with Crippen LogP contribution in [0.25, 0.3) is 16.8 Å². The number of imidazole rings is 1. The molecule has 0 radical (unpaired) electrons. The summed E-state index contributed by atoms with van der Waals surface area (Å²) in [7, 11) is 0. The summed E-state index contributed by atoms with van der Waals surface area (Å²) in [6.45, 7) is 3.56. The summed E-state index contributed by atoms with van der Waals surface area (Å²) in [5.41, 5.74) is 9.94. The third-order valence-electron chi connectivity index (χ3n) is 6.23. The van der Waals surface area contributed by atoms with Gasteiger partial charge >= 0.3 is 0 Å². The number of benzene rings is 1. The van der Waals surface area contributed by atoms with Crippen LogP contribution < -0.4 is 10.5 Å². The van der Waals surface area contributed by atoms with Gasteiger partial charge in [0.25, 0.3) is 0 Å². The fourth-order valence-corrected chi connectivity index (χ4v) is 4.18. The Morgan fingerprint density at radius 3 is 2.55 bits per heavy atom. The van der Waals surface area contributed by atoms with Crippen LogP contribution in [0.2, 0.25) is 0 Å². The number of fused-ring (bicyclic) bond motifs is 1. The second kappa shape index (κ2) is 6.88. The van der Waals surface area contributed by atoms with Gasteiger partial charge in [-0.15, -0.1) is 0 Å². The molecule has 1 aliphatic carbocycles. The molecule has 5 rings (SSSR count). The monoisotopic (exact) mass is 390 g/mol. The first-order chi connectivity index (χ1) is 14.0. The SMILES string of the molecule is Cc1c(-c2ccc(OC3CCN(C(=O)C4(N)CC4)CC3)cc2)ccc2nccn12. The van der Waals surface area contributed by atoms with Gasteiger partial charge in [-0.1, -0.05) is 12.1 Å². The maximum Gasteiger partial charge on any atom is 0.242 e. The molecule has 1 aromatic carbocycles. The van der Waals surface area contributed by atoms with Crippen LogP contribution in [0.4, 0.5) is 0 Å². The Labute approximate surface area is 170 Å². The van der Waals surface area contributed by atoms with Crippen LogP contribution in [0, 0.1) is 6.92 Å². The number of hydrogen-bond acceptors (Lipinski definition) is 4. The molecule has 0 bridgehead atoms. The maximum absolute atomic E-state index is 12.4. The lowest BCUT2D eigenvalue weighted by atomic mass is 10.0. The van der Waals surface area contributed by atoms with E-state index in [0.29, 0.717) is 0 Å². The van der Waals surface area contributed by atoms with Crippen LogP contribution >= 0.6 is 0 Å². The van der Waals surface area contributed by atoms with Crippen molar-refractivity contribution in [3.05, 3.63) is 54.5 Å². The summed E-state index contributed by atoms with van der Waals surface area (Å²) >= 11 is 0. The molecule has 0 spiro atoms. The third-order valence-corrected chi connectivity index (χ3v) is 6.23. The standard InChI is InChI=1S/C23H26N4O2/c1-16-20(6-7-21-25-12-15-27(16)21)17-2-4-18(5-3-17)29-19-8-13-26(14-9-19)22(28)23(24)10-11-23/h2-7,12,15,19H,8-11,13-14,24H2,1H3. The summed E-state index contributed by atoms with van der Waals surface area (Å²) < 4.78 is 8.28. The van der Waals surface area contributed by atoms with E-state index in [4.69, 9.17) is 10.5 Å². The van der Waals surface area contributed by atoms with Crippen molar-refractivity contribution in [2.24, 2.45) is 5.73 Å². The molecule has 29 heavy (non-hydrogen) atoms. The average molecular weight is 390 g/mol. The lowest BCUT2D eigenvalue weighted by Crippen LogP contribution is -2.50. The van der Waals surface area contributed by atoms with Crippen molar-refractivity contribution in [2.45, 2.75) is 44.2 Å². The first kappa shape index (κ1) is 18.2. The molecular formula is C23H26N4O2. The molecule has 3 aromatic rings. The first-order valence-electron chi connectivity index (χ1n) is 10.3. The van der Waals surface area contributed by atoms with Gasteiger partial charge in [-0.3, -0.25) is 4.79 Å². The average Bonchev–Trinajstić information content (AvgIpc) is 3.30. The molecule has 0 unspecified atom stereocenters.